The van der Waals surface area contributed by atoms with Gasteiger partial charge < -0.3 is 20.1 Å². The molecule has 1 aliphatic heterocycles. The Morgan fingerprint density at radius 2 is 2.00 bits per heavy atom. The smallest absolute Gasteiger partial charge is 0.331 e. The molecule has 0 saturated heterocycles. The number of phenols is 1. The van der Waals surface area contributed by atoms with Gasteiger partial charge in [0.05, 0.1) is 28.6 Å². The number of hydrogen-bond acceptors (Lipinski definition) is 7. The third-order valence-corrected chi connectivity index (χ3v) is 6.05. The van der Waals surface area contributed by atoms with Crippen LogP contribution in [0.3, 0.4) is 0 Å². The van der Waals surface area contributed by atoms with Crippen molar-refractivity contribution in [2.45, 2.75) is 18.7 Å². The average molecular weight is 404 g/mol. The molecule has 3 rings (SSSR count). The number of hydrogen-bond donors (Lipinski definition) is 2. The van der Waals surface area contributed by atoms with Crippen LogP contribution in [0.4, 0.5) is 11.4 Å². The Balaban J connectivity index is 1.81. The van der Waals surface area contributed by atoms with Gasteiger partial charge in [-0.25, -0.2) is 13.2 Å². The highest BCUT2D eigenvalue weighted by atomic mass is 32.2. The summed E-state index contributed by atoms with van der Waals surface area (Å²) in [6.07, 6.45) is 0. The molecule has 2 aromatic carbocycles. The number of ether oxygens (including phenoxy) is 1. The third kappa shape index (κ3) is 4.09. The molecule has 0 aliphatic carbocycles. The summed E-state index contributed by atoms with van der Waals surface area (Å²) in [6.45, 7) is 3.12. The first-order valence-corrected chi connectivity index (χ1v) is 10.3. The minimum absolute atomic E-state index is 0.00520. The predicted octanol–water partition coefficient (Wildman–Crippen LogP) is 1.86. The number of anilines is 2. The Morgan fingerprint density at radius 3 is 2.71 bits per heavy atom. The van der Waals surface area contributed by atoms with E-state index < -0.39 is 21.7 Å². The van der Waals surface area contributed by atoms with E-state index in [1.165, 1.54) is 25.1 Å². The Hall–Kier alpha value is -3.07. The molecule has 8 nitrogen and oxygen atoms in total. The molecule has 2 N–H and O–H groups in total. The lowest BCUT2D eigenvalue weighted by atomic mass is 10.1. The Morgan fingerprint density at radius 1 is 1.25 bits per heavy atom. The predicted molar refractivity (Wildman–Crippen MR) is 103 cm³/mol. The monoisotopic (exact) mass is 404 g/mol. The van der Waals surface area contributed by atoms with E-state index in [1.54, 1.807) is 23.1 Å². The molecule has 0 spiro atoms. The molecule has 0 bridgehead atoms. The van der Waals surface area contributed by atoms with Crippen LogP contribution in [-0.4, -0.2) is 44.2 Å². The first-order chi connectivity index (χ1) is 13.2. The zero-order chi connectivity index (χ0) is 20.5. The molecule has 0 saturated carbocycles. The number of aromatic hydroxyl groups is 1. The van der Waals surface area contributed by atoms with E-state index in [0.29, 0.717) is 11.4 Å². The lowest BCUT2D eigenvalue weighted by molar-refractivity contribution is -0.133. The number of phenolic OH excluding ortho intramolecular Hbond substituents is 1. The minimum atomic E-state index is -3.49. The standard InChI is InChI=1S/C19H20N2O6S/c1-3-28(25,26)13-5-6-16(22)14(9-13)20-18(23)10-21-11-19(24)27-17-7-4-12(2)8-15(17)21/h4-9,22H,3,10-11H2,1-2H3,(H,20,23). The maximum absolute atomic E-state index is 12.5. The highest BCUT2D eigenvalue weighted by Crippen LogP contribution is 2.33. The number of nitrogens with one attached hydrogen (secondary N) is 1. The van der Waals surface area contributed by atoms with Crippen LogP contribution in [0.5, 0.6) is 11.5 Å². The van der Waals surface area contributed by atoms with E-state index in [-0.39, 0.29) is 35.2 Å². The van der Waals surface area contributed by atoms with Crippen molar-refractivity contribution in [2.75, 3.05) is 29.1 Å². The van der Waals surface area contributed by atoms with Gasteiger partial charge in [0.2, 0.25) is 5.91 Å². The number of benzene rings is 2. The second-order valence-corrected chi connectivity index (χ2v) is 8.71. The van der Waals surface area contributed by atoms with E-state index >= 15 is 0 Å². The Kier molecular flexibility index (Phi) is 5.28. The normalized spacial score (nSPS) is 13.6. The number of nitrogens with zero attached hydrogens (tertiary/aromatic N) is 1. The van der Waals surface area contributed by atoms with Crippen LogP contribution in [0.25, 0.3) is 0 Å². The molecule has 148 valence electrons. The maximum atomic E-state index is 12.5. The molecule has 1 heterocycles. The van der Waals surface area contributed by atoms with Crippen LogP contribution in [0.2, 0.25) is 0 Å². The van der Waals surface area contributed by atoms with Crippen molar-refractivity contribution in [1.29, 1.82) is 0 Å². The van der Waals surface area contributed by atoms with Crippen LogP contribution in [0.1, 0.15) is 12.5 Å². The Labute approximate surface area is 162 Å². The molecule has 1 amide bonds. The number of carbonyl (C=O) groups is 2. The topological polar surface area (TPSA) is 113 Å². The molecular formula is C19H20N2O6S. The second-order valence-electron chi connectivity index (χ2n) is 6.43. The lowest BCUT2D eigenvalue weighted by Gasteiger charge is -2.29. The van der Waals surface area contributed by atoms with Crippen LogP contribution in [0.15, 0.2) is 41.3 Å². The molecule has 0 unspecified atom stereocenters. The van der Waals surface area contributed by atoms with Crippen LogP contribution in [-0.2, 0) is 19.4 Å². The summed E-state index contributed by atoms with van der Waals surface area (Å²) < 4.78 is 29.2. The van der Waals surface area contributed by atoms with Crippen molar-refractivity contribution >= 4 is 33.1 Å². The zero-order valence-corrected chi connectivity index (χ0v) is 16.2. The summed E-state index contributed by atoms with van der Waals surface area (Å²) in [6, 6.07) is 8.99. The molecule has 0 radical (unpaired) electrons. The summed E-state index contributed by atoms with van der Waals surface area (Å²) in [5.41, 5.74) is 1.54. The first-order valence-electron chi connectivity index (χ1n) is 8.61. The molecule has 28 heavy (non-hydrogen) atoms. The maximum Gasteiger partial charge on any atom is 0.331 e. The molecule has 2 aromatic rings. The molecule has 9 heteroatoms. The lowest BCUT2D eigenvalue weighted by Crippen LogP contribution is -2.41. The number of aryl methyl sites for hydroxylation is 1. The van der Waals surface area contributed by atoms with Gasteiger partial charge in [0.15, 0.2) is 15.6 Å². The van der Waals surface area contributed by atoms with Crippen molar-refractivity contribution in [2.24, 2.45) is 0 Å². The SMILES string of the molecule is CCS(=O)(=O)c1ccc(O)c(NC(=O)CN2CC(=O)Oc3ccc(C)cc32)c1. The molecular weight excluding hydrogens is 384 g/mol. The van der Waals surface area contributed by atoms with Gasteiger partial charge in [-0.15, -0.1) is 0 Å². The van der Waals surface area contributed by atoms with Crippen molar-refractivity contribution in [3.8, 4) is 11.5 Å². The largest absolute Gasteiger partial charge is 0.506 e. The van der Waals surface area contributed by atoms with Gasteiger partial charge in [0.25, 0.3) is 0 Å². The zero-order valence-electron chi connectivity index (χ0n) is 15.4. The molecule has 1 aliphatic rings. The second kappa shape index (κ2) is 7.51. The number of rotatable bonds is 5. The van der Waals surface area contributed by atoms with Crippen LogP contribution >= 0.6 is 0 Å². The summed E-state index contributed by atoms with van der Waals surface area (Å²) in [5.74, 6) is -0.977. The summed E-state index contributed by atoms with van der Waals surface area (Å²) in [7, 11) is -3.49. The van der Waals surface area contributed by atoms with Gasteiger partial charge in [-0.3, -0.25) is 4.79 Å². The molecule has 0 aromatic heterocycles. The number of sulfone groups is 1. The highest BCUT2D eigenvalue weighted by molar-refractivity contribution is 7.91. The van der Waals surface area contributed by atoms with E-state index in [4.69, 9.17) is 4.74 Å². The van der Waals surface area contributed by atoms with E-state index in [9.17, 15) is 23.1 Å². The number of carbonyl (C=O) groups excluding carboxylic acids is 2. The van der Waals surface area contributed by atoms with Crippen LogP contribution in [0, 0.1) is 6.92 Å². The fourth-order valence-electron chi connectivity index (χ4n) is 2.84. The fraction of sp³-hybridized carbons (Fsp3) is 0.263. The van der Waals surface area contributed by atoms with Gasteiger partial charge in [0, 0.05) is 0 Å². The van der Waals surface area contributed by atoms with Crippen molar-refractivity contribution in [1.82, 2.24) is 0 Å². The molecule has 0 fully saturated rings. The number of fused-ring (bicyclic) bond motifs is 1. The number of amides is 1. The molecule has 0 atom stereocenters. The highest BCUT2D eigenvalue weighted by Gasteiger charge is 2.26. The first kappa shape index (κ1) is 19.7. The number of esters is 1. The van der Waals surface area contributed by atoms with Gasteiger partial charge in [-0.2, -0.15) is 0 Å². The van der Waals surface area contributed by atoms with Gasteiger partial charge in [-0.05, 0) is 42.8 Å². The van der Waals surface area contributed by atoms with Crippen molar-refractivity contribution < 1.29 is 27.9 Å². The minimum Gasteiger partial charge on any atom is -0.506 e. The van der Waals surface area contributed by atoms with Gasteiger partial charge in [-0.1, -0.05) is 13.0 Å². The van der Waals surface area contributed by atoms with Crippen LogP contribution < -0.4 is 15.0 Å². The quantitative estimate of drug-likeness (QED) is 0.444. The Bertz CT molecular complexity index is 1050. The average Bonchev–Trinajstić information content (AvgIpc) is 2.64. The van der Waals surface area contributed by atoms with Crippen molar-refractivity contribution in [3.05, 3.63) is 42.0 Å². The fourth-order valence-corrected chi connectivity index (χ4v) is 3.74. The van der Waals surface area contributed by atoms with Crippen molar-refractivity contribution in [3.63, 3.8) is 0 Å². The third-order valence-electron chi connectivity index (χ3n) is 4.31. The van der Waals surface area contributed by atoms with E-state index in [0.717, 1.165) is 5.56 Å². The van der Waals surface area contributed by atoms with Gasteiger partial charge in [0.1, 0.15) is 12.3 Å². The summed E-state index contributed by atoms with van der Waals surface area (Å²) in [5, 5.41) is 12.5. The van der Waals surface area contributed by atoms with Gasteiger partial charge >= 0.3 is 5.97 Å². The summed E-state index contributed by atoms with van der Waals surface area (Å²) >= 11 is 0. The van der Waals surface area contributed by atoms with E-state index in [1.807, 2.05) is 6.92 Å². The summed E-state index contributed by atoms with van der Waals surface area (Å²) in [4.78, 5) is 25.9. The van der Waals surface area contributed by atoms with E-state index in [2.05, 4.69) is 5.32 Å².